The van der Waals surface area contributed by atoms with Gasteiger partial charge in [-0.25, -0.2) is 0 Å². The van der Waals surface area contributed by atoms with Crippen LogP contribution in [0.15, 0.2) is 48.5 Å². The van der Waals surface area contributed by atoms with Crippen LogP contribution in [0.25, 0.3) is 0 Å². The van der Waals surface area contributed by atoms with Crippen LogP contribution in [0.2, 0.25) is 5.02 Å². The van der Waals surface area contributed by atoms with Crippen LogP contribution in [0.5, 0.6) is 0 Å². The second-order valence-corrected chi connectivity index (χ2v) is 7.02. The minimum absolute atomic E-state index is 0.0915. The molecule has 1 atom stereocenters. The Kier molecular flexibility index (Phi) is 5.90. The van der Waals surface area contributed by atoms with E-state index in [1.807, 2.05) is 36.4 Å². The van der Waals surface area contributed by atoms with Crippen LogP contribution < -0.4 is 0 Å². The fraction of sp³-hybridized carbons (Fsp3) is 0.400. The summed E-state index contributed by atoms with van der Waals surface area (Å²) < 4.78 is 0. The van der Waals surface area contributed by atoms with Crippen molar-refractivity contribution in [3.63, 3.8) is 0 Å². The van der Waals surface area contributed by atoms with Crippen LogP contribution in [0.3, 0.4) is 0 Å². The molecule has 1 unspecified atom stereocenters. The average Bonchev–Trinajstić information content (AvgIpc) is 2.63. The van der Waals surface area contributed by atoms with Gasteiger partial charge in [0.2, 0.25) is 0 Å². The lowest BCUT2D eigenvalue weighted by atomic mass is 9.87. The molecule has 0 bridgehead atoms. The third kappa shape index (κ3) is 4.37. The molecule has 0 amide bonds. The van der Waals surface area contributed by atoms with Crippen molar-refractivity contribution in [3.8, 4) is 0 Å². The highest BCUT2D eigenvalue weighted by Gasteiger charge is 2.26. The molecule has 1 aliphatic heterocycles. The standard InChI is InChI=1S/C20H24ClNO2/c21-19-7-5-17(6-8-19)20(24)18-9-11-22(12-10-18)13-15-1-3-16(14-23)4-2-15/h1-8,18,20,23-24H,9-14H2. The number of aliphatic hydroxyl groups excluding tert-OH is 2. The molecule has 4 heteroatoms. The fourth-order valence-electron chi connectivity index (χ4n) is 3.37. The summed E-state index contributed by atoms with van der Waals surface area (Å²) in [5.74, 6) is 0.305. The molecule has 1 saturated heterocycles. The van der Waals surface area contributed by atoms with Crippen molar-refractivity contribution in [1.82, 2.24) is 4.90 Å². The second kappa shape index (κ2) is 8.13. The Bertz CT molecular complexity index is 634. The predicted molar refractivity (Wildman–Crippen MR) is 96.8 cm³/mol. The molecule has 24 heavy (non-hydrogen) atoms. The number of hydrogen-bond acceptors (Lipinski definition) is 3. The molecule has 1 heterocycles. The Morgan fingerprint density at radius 3 is 2.12 bits per heavy atom. The normalized spacial score (nSPS) is 17.8. The Morgan fingerprint density at radius 2 is 1.54 bits per heavy atom. The Labute approximate surface area is 148 Å². The van der Waals surface area contributed by atoms with Crippen molar-refractivity contribution in [2.24, 2.45) is 5.92 Å². The van der Waals surface area contributed by atoms with E-state index in [1.54, 1.807) is 0 Å². The first-order chi connectivity index (χ1) is 11.7. The molecule has 0 spiro atoms. The quantitative estimate of drug-likeness (QED) is 0.866. The number of hydrogen-bond donors (Lipinski definition) is 2. The van der Waals surface area contributed by atoms with Crippen molar-refractivity contribution >= 4 is 11.6 Å². The average molecular weight is 346 g/mol. The maximum Gasteiger partial charge on any atom is 0.0819 e. The van der Waals surface area contributed by atoms with Crippen molar-refractivity contribution < 1.29 is 10.2 Å². The number of benzene rings is 2. The zero-order valence-corrected chi connectivity index (χ0v) is 14.5. The largest absolute Gasteiger partial charge is 0.392 e. The maximum absolute atomic E-state index is 10.6. The smallest absolute Gasteiger partial charge is 0.0819 e. The molecule has 128 valence electrons. The summed E-state index contributed by atoms with van der Waals surface area (Å²) in [5.41, 5.74) is 3.17. The molecule has 1 fully saturated rings. The fourth-order valence-corrected chi connectivity index (χ4v) is 3.49. The minimum Gasteiger partial charge on any atom is -0.392 e. The van der Waals surface area contributed by atoms with E-state index >= 15 is 0 Å². The molecule has 2 aromatic rings. The lowest BCUT2D eigenvalue weighted by molar-refractivity contribution is 0.0568. The predicted octanol–water partition coefficient (Wildman–Crippen LogP) is 3.78. The van der Waals surface area contributed by atoms with Gasteiger partial charge >= 0.3 is 0 Å². The van der Waals surface area contributed by atoms with Crippen molar-refractivity contribution in [2.75, 3.05) is 13.1 Å². The van der Waals surface area contributed by atoms with Crippen molar-refractivity contribution in [3.05, 3.63) is 70.2 Å². The van der Waals surface area contributed by atoms with Crippen LogP contribution >= 0.6 is 11.6 Å². The molecule has 0 saturated carbocycles. The summed E-state index contributed by atoms with van der Waals surface area (Å²) >= 11 is 5.92. The highest BCUT2D eigenvalue weighted by atomic mass is 35.5. The third-order valence-electron chi connectivity index (χ3n) is 4.90. The molecule has 0 radical (unpaired) electrons. The Balaban J connectivity index is 1.52. The van der Waals surface area contributed by atoms with Crippen molar-refractivity contribution in [1.29, 1.82) is 0 Å². The highest BCUT2D eigenvalue weighted by Crippen LogP contribution is 2.31. The summed E-state index contributed by atoms with van der Waals surface area (Å²) in [4.78, 5) is 2.43. The van der Waals surface area contributed by atoms with Gasteiger partial charge in [-0.1, -0.05) is 48.0 Å². The van der Waals surface area contributed by atoms with Crippen LogP contribution in [0, 0.1) is 5.92 Å². The monoisotopic (exact) mass is 345 g/mol. The number of rotatable bonds is 5. The molecular weight excluding hydrogens is 322 g/mol. The lowest BCUT2D eigenvalue weighted by Gasteiger charge is -2.34. The molecule has 3 nitrogen and oxygen atoms in total. The van der Waals surface area contributed by atoms with E-state index in [2.05, 4.69) is 17.0 Å². The summed E-state index contributed by atoms with van der Waals surface area (Å²) in [7, 11) is 0. The highest BCUT2D eigenvalue weighted by molar-refractivity contribution is 6.30. The van der Waals surface area contributed by atoms with Gasteiger partial charge in [-0.15, -0.1) is 0 Å². The summed E-state index contributed by atoms with van der Waals surface area (Å²) in [6.07, 6.45) is 1.59. The van der Waals surface area contributed by atoms with Gasteiger partial charge in [0.25, 0.3) is 0 Å². The van der Waals surface area contributed by atoms with Gasteiger partial charge in [-0.05, 0) is 60.7 Å². The Hall–Kier alpha value is -1.39. The molecule has 0 aliphatic carbocycles. The molecular formula is C20H24ClNO2. The summed E-state index contributed by atoms with van der Waals surface area (Å²) in [6, 6.07) is 15.6. The van der Waals surface area contributed by atoms with Gasteiger partial charge in [-0.2, -0.15) is 0 Å². The van der Waals surface area contributed by atoms with Gasteiger partial charge in [0, 0.05) is 11.6 Å². The first-order valence-electron chi connectivity index (χ1n) is 8.50. The van der Waals surface area contributed by atoms with E-state index in [1.165, 1.54) is 5.56 Å². The number of piperidine rings is 1. The maximum atomic E-state index is 10.6. The van der Waals surface area contributed by atoms with E-state index < -0.39 is 6.10 Å². The van der Waals surface area contributed by atoms with Gasteiger partial charge < -0.3 is 10.2 Å². The van der Waals surface area contributed by atoms with E-state index in [9.17, 15) is 5.11 Å². The van der Waals surface area contributed by atoms with E-state index in [-0.39, 0.29) is 6.61 Å². The second-order valence-electron chi connectivity index (χ2n) is 6.58. The number of nitrogens with zero attached hydrogens (tertiary/aromatic N) is 1. The molecule has 2 N–H and O–H groups in total. The van der Waals surface area contributed by atoms with Gasteiger partial charge in [-0.3, -0.25) is 4.90 Å². The van der Waals surface area contributed by atoms with Crippen LogP contribution in [-0.4, -0.2) is 28.2 Å². The minimum atomic E-state index is -0.409. The van der Waals surface area contributed by atoms with Crippen LogP contribution in [0.4, 0.5) is 0 Å². The molecule has 1 aliphatic rings. The lowest BCUT2D eigenvalue weighted by Crippen LogP contribution is -2.35. The summed E-state index contributed by atoms with van der Waals surface area (Å²) in [6.45, 7) is 3.01. The Morgan fingerprint density at radius 1 is 0.958 bits per heavy atom. The third-order valence-corrected chi connectivity index (χ3v) is 5.15. The van der Waals surface area contributed by atoms with E-state index in [4.69, 9.17) is 16.7 Å². The van der Waals surface area contributed by atoms with Crippen LogP contribution in [-0.2, 0) is 13.2 Å². The topological polar surface area (TPSA) is 43.7 Å². The van der Waals surface area contributed by atoms with Gasteiger partial charge in [0.05, 0.1) is 12.7 Å². The zero-order valence-electron chi connectivity index (χ0n) is 13.7. The molecule has 3 rings (SSSR count). The first-order valence-corrected chi connectivity index (χ1v) is 8.88. The number of aliphatic hydroxyl groups is 2. The zero-order chi connectivity index (χ0) is 16.9. The molecule has 2 aromatic carbocycles. The number of likely N-dealkylation sites (tertiary alicyclic amines) is 1. The summed E-state index contributed by atoms with van der Waals surface area (Å²) in [5, 5.41) is 20.4. The van der Waals surface area contributed by atoms with E-state index in [0.29, 0.717) is 10.9 Å². The van der Waals surface area contributed by atoms with Gasteiger partial charge in [0.15, 0.2) is 0 Å². The molecule has 0 aromatic heterocycles. The van der Waals surface area contributed by atoms with Gasteiger partial charge in [0.1, 0.15) is 0 Å². The van der Waals surface area contributed by atoms with Crippen molar-refractivity contribution in [2.45, 2.75) is 32.1 Å². The SMILES string of the molecule is OCc1ccc(CN2CCC(C(O)c3ccc(Cl)cc3)CC2)cc1. The van der Waals surface area contributed by atoms with E-state index in [0.717, 1.165) is 43.6 Å². The number of halogens is 1. The van der Waals surface area contributed by atoms with Crippen LogP contribution in [0.1, 0.15) is 35.6 Å². The first kappa shape index (κ1) is 17.4.